The highest BCUT2D eigenvalue weighted by Crippen LogP contribution is 2.30. The fraction of sp³-hybridized carbons (Fsp3) is 0.267. The highest BCUT2D eigenvalue weighted by molar-refractivity contribution is 6.30. The predicted molar refractivity (Wildman–Crippen MR) is 77.4 cm³/mol. The van der Waals surface area contributed by atoms with Crippen LogP contribution in [0.1, 0.15) is 18.4 Å². The lowest BCUT2D eigenvalue weighted by atomic mass is 10.1. The zero-order valence-electron chi connectivity index (χ0n) is 10.5. The number of aromatic nitrogens is 1. The number of nitrogens with one attached hydrogen (secondary N) is 1. The van der Waals surface area contributed by atoms with Gasteiger partial charge in [-0.25, -0.2) is 0 Å². The van der Waals surface area contributed by atoms with Crippen molar-refractivity contribution in [3.8, 4) is 17.3 Å². The number of nitriles is 1. The zero-order valence-corrected chi connectivity index (χ0v) is 11.2. The Labute approximate surface area is 117 Å². The lowest BCUT2D eigenvalue weighted by Gasteiger charge is -2.15. The zero-order chi connectivity index (χ0) is 13.2. The minimum absolute atomic E-state index is 0.702. The summed E-state index contributed by atoms with van der Waals surface area (Å²) < 4.78 is 0. The Hall–Kier alpha value is -1.92. The molecule has 2 aromatic rings. The second-order valence-corrected chi connectivity index (χ2v) is 5.20. The SMILES string of the molecule is N#Cc1cc(-c2cccc(Cl)c2)[nH]c1N1CCCC1. The van der Waals surface area contributed by atoms with Gasteiger partial charge in [0.2, 0.25) is 0 Å². The summed E-state index contributed by atoms with van der Waals surface area (Å²) >= 11 is 6.01. The molecule has 1 aromatic carbocycles. The van der Waals surface area contributed by atoms with Gasteiger partial charge in [0.15, 0.2) is 0 Å². The number of halogens is 1. The Balaban J connectivity index is 2.02. The third-order valence-electron chi connectivity index (χ3n) is 3.48. The van der Waals surface area contributed by atoms with E-state index in [4.69, 9.17) is 11.6 Å². The van der Waals surface area contributed by atoms with Crippen LogP contribution in [0, 0.1) is 11.3 Å². The van der Waals surface area contributed by atoms with Crippen molar-refractivity contribution in [3.05, 3.63) is 40.9 Å². The van der Waals surface area contributed by atoms with E-state index in [2.05, 4.69) is 16.0 Å². The van der Waals surface area contributed by atoms with E-state index in [-0.39, 0.29) is 0 Å². The van der Waals surface area contributed by atoms with Crippen LogP contribution < -0.4 is 4.90 Å². The fourth-order valence-corrected chi connectivity index (χ4v) is 2.72. The van der Waals surface area contributed by atoms with E-state index in [9.17, 15) is 5.26 Å². The van der Waals surface area contributed by atoms with Gasteiger partial charge >= 0.3 is 0 Å². The van der Waals surface area contributed by atoms with Crippen molar-refractivity contribution >= 4 is 17.4 Å². The second-order valence-electron chi connectivity index (χ2n) is 4.76. The summed E-state index contributed by atoms with van der Waals surface area (Å²) in [5.41, 5.74) is 2.66. The van der Waals surface area contributed by atoms with Crippen LogP contribution in [0.5, 0.6) is 0 Å². The van der Waals surface area contributed by atoms with Gasteiger partial charge < -0.3 is 9.88 Å². The number of H-pyrrole nitrogens is 1. The first-order valence-corrected chi connectivity index (χ1v) is 6.80. The molecule has 0 radical (unpaired) electrons. The molecule has 0 amide bonds. The van der Waals surface area contributed by atoms with Crippen LogP contribution >= 0.6 is 11.6 Å². The van der Waals surface area contributed by atoms with Crippen molar-refractivity contribution in [1.82, 2.24) is 4.98 Å². The molecule has 0 unspecified atom stereocenters. The molecule has 1 saturated heterocycles. The minimum atomic E-state index is 0.702. The molecular formula is C15H14ClN3. The normalized spacial score (nSPS) is 14.6. The fourth-order valence-electron chi connectivity index (χ4n) is 2.53. The molecule has 0 saturated carbocycles. The van der Waals surface area contributed by atoms with Crippen LogP contribution in [0.4, 0.5) is 5.82 Å². The summed E-state index contributed by atoms with van der Waals surface area (Å²) in [5, 5.41) is 9.97. The first-order valence-electron chi connectivity index (χ1n) is 6.42. The van der Waals surface area contributed by atoms with E-state index in [1.165, 1.54) is 12.8 Å². The van der Waals surface area contributed by atoms with Gasteiger partial charge in [-0.15, -0.1) is 0 Å². The molecule has 1 aliphatic rings. The third kappa shape index (κ3) is 2.32. The maximum absolute atomic E-state index is 9.27. The van der Waals surface area contributed by atoms with Gasteiger partial charge in [-0.2, -0.15) is 5.26 Å². The monoisotopic (exact) mass is 271 g/mol. The Bertz CT molecular complexity index is 633. The average Bonchev–Trinajstić information content (AvgIpc) is 3.07. The number of nitrogens with zero attached hydrogens (tertiary/aromatic N) is 2. The molecule has 1 fully saturated rings. The van der Waals surface area contributed by atoms with E-state index in [1.807, 2.05) is 30.3 Å². The van der Waals surface area contributed by atoms with Gasteiger partial charge in [0, 0.05) is 23.8 Å². The Morgan fingerprint density at radius 1 is 1.21 bits per heavy atom. The van der Waals surface area contributed by atoms with Crippen molar-refractivity contribution in [2.75, 3.05) is 18.0 Å². The molecule has 3 nitrogen and oxygen atoms in total. The highest BCUT2D eigenvalue weighted by Gasteiger charge is 2.18. The van der Waals surface area contributed by atoms with Crippen LogP contribution in [0.15, 0.2) is 30.3 Å². The van der Waals surface area contributed by atoms with Crippen molar-refractivity contribution < 1.29 is 0 Å². The molecule has 0 bridgehead atoms. The van der Waals surface area contributed by atoms with Gasteiger partial charge in [0.1, 0.15) is 11.9 Å². The number of aromatic amines is 1. The first-order chi connectivity index (χ1) is 9.28. The molecular weight excluding hydrogens is 258 g/mol. The van der Waals surface area contributed by atoms with Crippen LogP contribution in [-0.4, -0.2) is 18.1 Å². The summed E-state index contributed by atoms with van der Waals surface area (Å²) in [5.74, 6) is 0.940. The third-order valence-corrected chi connectivity index (χ3v) is 3.71. The van der Waals surface area contributed by atoms with Crippen molar-refractivity contribution in [2.24, 2.45) is 0 Å². The second kappa shape index (κ2) is 4.99. The largest absolute Gasteiger partial charge is 0.357 e. The molecule has 0 atom stereocenters. The predicted octanol–water partition coefficient (Wildman–Crippen LogP) is 3.81. The summed E-state index contributed by atoms with van der Waals surface area (Å²) in [6.07, 6.45) is 2.38. The van der Waals surface area contributed by atoms with E-state index < -0.39 is 0 Å². The van der Waals surface area contributed by atoms with E-state index >= 15 is 0 Å². The number of hydrogen-bond acceptors (Lipinski definition) is 2. The van der Waals surface area contributed by atoms with Crippen LogP contribution in [0.3, 0.4) is 0 Å². The molecule has 1 aromatic heterocycles. The van der Waals surface area contributed by atoms with E-state index in [0.717, 1.165) is 30.2 Å². The average molecular weight is 272 g/mol. The van der Waals surface area contributed by atoms with Gasteiger partial charge in [-0.1, -0.05) is 23.7 Å². The molecule has 1 N–H and O–H groups in total. The van der Waals surface area contributed by atoms with E-state index in [0.29, 0.717) is 10.6 Å². The van der Waals surface area contributed by atoms with E-state index in [1.54, 1.807) is 0 Å². The summed E-state index contributed by atoms with van der Waals surface area (Å²) in [7, 11) is 0. The van der Waals surface area contributed by atoms with Crippen molar-refractivity contribution in [2.45, 2.75) is 12.8 Å². The molecule has 19 heavy (non-hydrogen) atoms. The Kier molecular flexibility index (Phi) is 3.18. The van der Waals surface area contributed by atoms with Gasteiger partial charge in [-0.3, -0.25) is 0 Å². The smallest absolute Gasteiger partial charge is 0.124 e. The summed E-state index contributed by atoms with van der Waals surface area (Å²) in [6, 6.07) is 11.8. The quantitative estimate of drug-likeness (QED) is 0.903. The van der Waals surface area contributed by atoms with Gasteiger partial charge in [0.05, 0.1) is 5.56 Å². The molecule has 0 spiro atoms. The van der Waals surface area contributed by atoms with Gasteiger partial charge in [0.25, 0.3) is 0 Å². The summed E-state index contributed by atoms with van der Waals surface area (Å²) in [4.78, 5) is 5.61. The van der Waals surface area contributed by atoms with Crippen LogP contribution in [0.2, 0.25) is 5.02 Å². The maximum Gasteiger partial charge on any atom is 0.124 e. The first kappa shape index (κ1) is 12.1. The van der Waals surface area contributed by atoms with Crippen LogP contribution in [0.25, 0.3) is 11.3 Å². The molecule has 4 heteroatoms. The lowest BCUT2D eigenvalue weighted by Crippen LogP contribution is -2.18. The standard InChI is InChI=1S/C15H14ClN3/c16-13-5-3-4-11(8-13)14-9-12(10-17)15(18-14)19-6-1-2-7-19/h3-5,8-9,18H,1-2,6-7H2. The van der Waals surface area contributed by atoms with Crippen molar-refractivity contribution in [1.29, 1.82) is 5.26 Å². The van der Waals surface area contributed by atoms with Crippen molar-refractivity contribution in [3.63, 3.8) is 0 Å². The lowest BCUT2D eigenvalue weighted by molar-refractivity contribution is 0.944. The number of benzene rings is 1. The van der Waals surface area contributed by atoms with Gasteiger partial charge in [-0.05, 0) is 36.6 Å². The number of hydrogen-bond donors (Lipinski definition) is 1. The molecule has 96 valence electrons. The number of rotatable bonds is 2. The Morgan fingerprint density at radius 2 is 2.00 bits per heavy atom. The topological polar surface area (TPSA) is 42.8 Å². The maximum atomic E-state index is 9.27. The molecule has 0 aliphatic carbocycles. The number of anilines is 1. The molecule has 1 aliphatic heterocycles. The minimum Gasteiger partial charge on any atom is -0.357 e. The summed E-state index contributed by atoms with van der Waals surface area (Å²) in [6.45, 7) is 2.04. The molecule has 2 heterocycles. The Morgan fingerprint density at radius 3 is 2.68 bits per heavy atom. The highest BCUT2D eigenvalue weighted by atomic mass is 35.5. The molecule has 3 rings (SSSR count). The van der Waals surface area contributed by atoms with Crippen LogP contribution in [-0.2, 0) is 0 Å².